The first kappa shape index (κ1) is 14.1. The predicted octanol–water partition coefficient (Wildman–Crippen LogP) is 4.21. The smallest absolute Gasteiger partial charge is 0.0779 e. The number of hydrogen-bond donors (Lipinski definition) is 1. The van der Waals surface area contributed by atoms with Gasteiger partial charge in [-0.25, -0.2) is 0 Å². The summed E-state index contributed by atoms with van der Waals surface area (Å²) in [5.41, 5.74) is 1.12. The highest BCUT2D eigenvalue weighted by molar-refractivity contribution is 6.42. The molecule has 0 aromatic heterocycles. The van der Waals surface area contributed by atoms with Gasteiger partial charge < -0.3 is 10.1 Å². The van der Waals surface area contributed by atoms with Gasteiger partial charge in [0.25, 0.3) is 0 Å². The number of nitrogens with one attached hydrogen (secondary N) is 1. The average molecular weight is 288 g/mol. The zero-order valence-electron chi connectivity index (χ0n) is 10.8. The highest BCUT2D eigenvalue weighted by Gasteiger charge is 2.29. The standard InChI is InChI=1S/C14H19Cl2NO/c1-10(11-4-5-12(15)13(16)8-11)17-9-14(2)6-3-7-18-14/h4-5,8,10,17H,3,6-7,9H2,1-2H3. The zero-order chi connectivity index (χ0) is 13.2. The molecule has 1 saturated heterocycles. The molecule has 1 N–H and O–H groups in total. The minimum Gasteiger partial charge on any atom is -0.374 e. The van der Waals surface area contributed by atoms with Crippen LogP contribution in [-0.4, -0.2) is 18.8 Å². The van der Waals surface area contributed by atoms with E-state index in [-0.39, 0.29) is 11.6 Å². The van der Waals surface area contributed by atoms with Gasteiger partial charge in [-0.3, -0.25) is 0 Å². The predicted molar refractivity (Wildman–Crippen MR) is 76.5 cm³/mol. The summed E-state index contributed by atoms with van der Waals surface area (Å²) in [6.07, 6.45) is 2.27. The molecule has 0 amide bonds. The van der Waals surface area contributed by atoms with E-state index in [4.69, 9.17) is 27.9 Å². The van der Waals surface area contributed by atoms with Gasteiger partial charge in [-0.2, -0.15) is 0 Å². The van der Waals surface area contributed by atoms with Crippen molar-refractivity contribution in [2.24, 2.45) is 0 Å². The molecule has 4 heteroatoms. The number of hydrogen-bond acceptors (Lipinski definition) is 2. The second kappa shape index (κ2) is 5.79. The monoisotopic (exact) mass is 287 g/mol. The number of rotatable bonds is 4. The minimum atomic E-state index is -0.0233. The Morgan fingerprint density at radius 1 is 1.39 bits per heavy atom. The van der Waals surface area contributed by atoms with Crippen LogP contribution in [0, 0.1) is 0 Å². The molecule has 1 fully saturated rings. The van der Waals surface area contributed by atoms with Gasteiger partial charge in [-0.05, 0) is 44.4 Å². The van der Waals surface area contributed by atoms with Crippen molar-refractivity contribution in [2.45, 2.75) is 38.3 Å². The van der Waals surface area contributed by atoms with Crippen LogP contribution in [-0.2, 0) is 4.74 Å². The fourth-order valence-corrected chi connectivity index (χ4v) is 2.55. The molecule has 1 aliphatic rings. The molecule has 1 heterocycles. The van der Waals surface area contributed by atoms with Gasteiger partial charge in [0.2, 0.25) is 0 Å². The Balaban J connectivity index is 1.94. The minimum absolute atomic E-state index is 0.0233. The maximum atomic E-state index is 6.03. The maximum Gasteiger partial charge on any atom is 0.0779 e. The number of halogens is 2. The third kappa shape index (κ3) is 3.39. The molecule has 18 heavy (non-hydrogen) atoms. The SMILES string of the molecule is CC(NCC1(C)CCCO1)c1ccc(Cl)c(Cl)c1. The van der Waals surface area contributed by atoms with E-state index < -0.39 is 0 Å². The average Bonchev–Trinajstić information content (AvgIpc) is 2.77. The van der Waals surface area contributed by atoms with Crippen LogP contribution in [0.2, 0.25) is 10.0 Å². The van der Waals surface area contributed by atoms with E-state index in [0.717, 1.165) is 31.6 Å². The Morgan fingerprint density at radius 3 is 2.78 bits per heavy atom. The van der Waals surface area contributed by atoms with Crippen molar-refractivity contribution in [3.8, 4) is 0 Å². The summed E-state index contributed by atoms with van der Waals surface area (Å²) in [5.74, 6) is 0. The molecule has 0 aliphatic carbocycles. The van der Waals surface area contributed by atoms with Gasteiger partial charge in [-0.15, -0.1) is 0 Å². The number of ether oxygens (including phenoxy) is 1. The summed E-state index contributed by atoms with van der Waals surface area (Å²) < 4.78 is 5.76. The summed E-state index contributed by atoms with van der Waals surface area (Å²) in [7, 11) is 0. The Kier molecular flexibility index (Phi) is 4.54. The van der Waals surface area contributed by atoms with Crippen LogP contribution in [0.4, 0.5) is 0 Å². The van der Waals surface area contributed by atoms with Crippen molar-refractivity contribution < 1.29 is 4.74 Å². The van der Waals surface area contributed by atoms with E-state index in [1.165, 1.54) is 0 Å². The van der Waals surface area contributed by atoms with Crippen molar-refractivity contribution in [3.05, 3.63) is 33.8 Å². The quantitative estimate of drug-likeness (QED) is 0.896. The third-order valence-electron chi connectivity index (χ3n) is 3.53. The number of benzene rings is 1. The second-order valence-electron chi connectivity index (χ2n) is 5.18. The molecule has 1 aromatic carbocycles. The van der Waals surface area contributed by atoms with Crippen LogP contribution in [0.1, 0.15) is 38.3 Å². The fraction of sp³-hybridized carbons (Fsp3) is 0.571. The van der Waals surface area contributed by atoms with Crippen molar-refractivity contribution in [2.75, 3.05) is 13.2 Å². The van der Waals surface area contributed by atoms with Crippen LogP contribution in [0.15, 0.2) is 18.2 Å². The van der Waals surface area contributed by atoms with Crippen molar-refractivity contribution in [1.29, 1.82) is 0 Å². The molecule has 0 bridgehead atoms. The van der Waals surface area contributed by atoms with Gasteiger partial charge in [0.05, 0.1) is 15.6 Å². The first-order valence-corrected chi connectivity index (χ1v) is 7.08. The Bertz CT molecular complexity index is 416. The lowest BCUT2D eigenvalue weighted by Crippen LogP contribution is -2.38. The lowest BCUT2D eigenvalue weighted by atomic mass is 10.0. The molecular formula is C14H19Cl2NO. The van der Waals surface area contributed by atoms with Gasteiger partial charge in [0, 0.05) is 19.2 Å². The maximum absolute atomic E-state index is 6.03. The van der Waals surface area contributed by atoms with Crippen LogP contribution < -0.4 is 5.32 Å². The summed E-state index contributed by atoms with van der Waals surface area (Å²) in [6, 6.07) is 6.00. The Hall–Kier alpha value is -0.280. The van der Waals surface area contributed by atoms with Crippen LogP contribution in [0.25, 0.3) is 0 Å². The molecule has 2 unspecified atom stereocenters. The van der Waals surface area contributed by atoms with E-state index >= 15 is 0 Å². The molecule has 2 atom stereocenters. The first-order valence-electron chi connectivity index (χ1n) is 6.32. The lowest BCUT2D eigenvalue weighted by molar-refractivity contribution is 0.0191. The molecular weight excluding hydrogens is 269 g/mol. The van der Waals surface area contributed by atoms with Crippen LogP contribution in [0.5, 0.6) is 0 Å². The summed E-state index contributed by atoms with van der Waals surface area (Å²) in [6.45, 7) is 6.01. The van der Waals surface area contributed by atoms with E-state index in [1.807, 2.05) is 18.2 Å². The normalized spacial score (nSPS) is 25.3. The van der Waals surface area contributed by atoms with Crippen LogP contribution in [0.3, 0.4) is 0 Å². The van der Waals surface area contributed by atoms with Crippen molar-refractivity contribution >= 4 is 23.2 Å². The molecule has 100 valence electrons. The van der Waals surface area contributed by atoms with E-state index in [0.29, 0.717) is 10.0 Å². The van der Waals surface area contributed by atoms with Crippen molar-refractivity contribution in [3.63, 3.8) is 0 Å². The summed E-state index contributed by atoms with van der Waals surface area (Å²) >= 11 is 11.9. The van der Waals surface area contributed by atoms with E-state index in [1.54, 1.807) is 0 Å². The highest BCUT2D eigenvalue weighted by Crippen LogP contribution is 2.27. The first-order chi connectivity index (χ1) is 8.50. The van der Waals surface area contributed by atoms with Gasteiger partial charge in [0.15, 0.2) is 0 Å². The van der Waals surface area contributed by atoms with Gasteiger partial charge in [0.1, 0.15) is 0 Å². The van der Waals surface area contributed by atoms with Gasteiger partial charge >= 0.3 is 0 Å². The highest BCUT2D eigenvalue weighted by atomic mass is 35.5. The zero-order valence-corrected chi connectivity index (χ0v) is 12.3. The Labute approximate surface area is 119 Å². The lowest BCUT2D eigenvalue weighted by Gasteiger charge is -2.26. The molecule has 2 nitrogen and oxygen atoms in total. The van der Waals surface area contributed by atoms with Crippen LogP contribution >= 0.6 is 23.2 Å². The summed E-state index contributed by atoms with van der Waals surface area (Å²) in [5, 5.41) is 4.70. The van der Waals surface area contributed by atoms with E-state index in [2.05, 4.69) is 19.2 Å². The van der Waals surface area contributed by atoms with Crippen molar-refractivity contribution in [1.82, 2.24) is 5.32 Å². The Morgan fingerprint density at radius 2 is 2.17 bits per heavy atom. The third-order valence-corrected chi connectivity index (χ3v) is 4.27. The largest absolute Gasteiger partial charge is 0.374 e. The molecule has 1 aromatic rings. The summed E-state index contributed by atoms with van der Waals surface area (Å²) in [4.78, 5) is 0. The molecule has 0 saturated carbocycles. The second-order valence-corrected chi connectivity index (χ2v) is 5.99. The van der Waals surface area contributed by atoms with Gasteiger partial charge in [-0.1, -0.05) is 29.3 Å². The molecule has 0 spiro atoms. The molecule has 2 rings (SSSR count). The topological polar surface area (TPSA) is 21.3 Å². The van der Waals surface area contributed by atoms with E-state index in [9.17, 15) is 0 Å². The fourth-order valence-electron chi connectivity index (χ4n) is 2.24. The molecule has 0 radical (unpaired) electrons. The molecule has 1 aliphatic heterocycles.